The predicted molar refractivity (Wildman–Crippen MR) is 99.9 cm³/mol. The van der Waals surface area contributed by atoms with E-state index >= 15 is 0 Å². The lowest BCUT2D eigenvalue weighted by atomic mass is 10.0. The van der Waals surface area contributed by atoms with Gasteiger partial charge in [-0.15, -0.1) is 0 Å². The van der Waals surface area contributed by atoms with E-state index in [4.69, 9.17) is 9.88 Å². The Morgan fingerprint density at radius 1 is 1.07 bits per heavy atom. The molecule has 0 spiro atoms. The van der Waals surface area contributed by atoms with Crippen molar-refractivity contribution in [3.05, 3.63) is 65.7 Å². The van der Waals surface area contributed by atoms with Crippen molar-refractivity contribution in [3.63, 3.8) is 0 Å². The average molecular weight is 389 g/mol. The summed E-state index contributed by atoms with van der Waals surface area (Å²) in [5.41, 5.74) is 3.01. The number of Topliss-reactive ketones (excluding diaryl/α,β-unsaturated/α-hetero) is 1. The van der Waals surface area contributed by atoms with Crippen LogP contribution in [0.5, 0.6) is 0 Å². The monoisotopic (exact) mass is 389 g/mol. The second kappa shape index (κ2) is 9.06. The second-order valence-corrected chi connectivity index (χ2v) is 6.93. The van der Waals surface area contributed by atoms with Crippen molar-refractivity contribution in [2.75, 3.05) is 6.61 Å². The number of nitrogens with two attached hydrogens (primary N) is 1. The number of ketones is 1. The zero-order chi connectivity index (χ0) is 19.9. The van der Waals surface area contributed by atoms with Gasteiger partial charge >= 0.3 is 6.09 Å². The number of nitrogens with one attached hydrogen (secondary N) is 1. The fourth-order valence-electron chi connectivity index (χ4n) is 2.31. The number of hydrogen-bond acceptors (Lipinski definition) is 6. The number of rotatable bonds is 7. The van der Waals surface area contributed by atoms with Gasteiger partial charge in [0.15, 0.2) is 5.78 Å². The summed E-state index contributed by atoms with van der Waals surface area (Å²) in [6.45, 7) is 1.82. The summed E-state index contributed by atoms with van der Waals surface area (Å²) in [5.74, 6) is -0.507. The molecule has 142 valence electrons. The number of sulfonamides is 1. The van der Waals surface area contributed by atoms with Gasteiger partial charge in [0.25, 0.3) is 0 Å². The van der Waals surface area contributed by atoms with Crippen LogP contribution in [-0.4, -0.2) is 32.6 Å². The third-order valence-corrected chi connectivity index (χ3v) is 4.46. The molecule has 27 heavy (non-hydrogen) atoms. The molecule has 1 amide bonds. The number of primary sulfonamides is 1. The zero-order valence-electron chi connectivity index (χ0n) is 14.6. The van der Waals surface area contributed by atoms with Crippen molar-refractivity contribution >= 4 is 27.6 Å². The van der Waals surface area contributed by atoms with Gasteiger partial charge in [-0.2, -0.15) is 5.10 Å². The molecule has 0 aliphatic rings. The number of nitrogens with zero attached hydrogens (tertiary/aromatic N) is 1. The van der Waals surface area contributed by atoms with Crippen LogP contribution >= 0.6 is 0 Å². The molecule has 0 aliphatic heterocycles. The maximum absolute atomic E-state index is 12.7. The Kier molecular flexibility index (Phi) is 6.80. The highest BCUT2D eigenvalue weighted by atomic mass is 32.2. The molecule has 0 saturated heterocycles. The van der Waals surface area contributed by atoms with E-state index in [0.717, 1.165) is 0 Å². The van der Waals surface area contributed by atoms with E-state index in [9.17, 15) is 18.0 Å². The molecule has 0 radical (unpaired) electrons. The summed E-state index contributed by atoms with van der Waals surface area (Å²) < 4.78 is 28.2. The molecular weight excluding hydrogens is 370 g/mol. The first-order valence-electron chi connectivity index (χ1n) is 8.02. The van der Waals surface area contributed by atoms with Gasteiger partial charge in [-0.25, -0.2) is 23.8 Å². The van der Waals surface area contributed by atoms with Crippen molar-refractivity contribution < 1.29 is 22.7 Å². The van der Waals surface area contributed by atoms with Crippen molar-refractivity contribution in [1.29, 1.82) is 0 Å². The molecule has 0 aliphatic carbocycles. The minimum absolute atomic E-state index is 0.0419. The van der Waals surface area contributed by atoms with Crippen LogP contribution in [0.2, 0.25) is 0 Å². The van der Waals surface area contributed by atoms with E-state index in [1.54, 1.807) is 37.3 Å². The van der Waals surface area contributed by atoms with E-state index in [1.807, 2.05) is 0 Å². The van der Waals surface area contributed by atoms with Crippen molar-refractivity contribution in [2.24, 2.45) is 10.2 Å². The summed E-state index contributed by atoms with van der Waals surface area (Å²) in [4.78, 5) is 24.0. The van der Waals surface area contributed by atoms with Crippen molar-refractivity contribution in [2.45, 2.75) is 18.2 Å². The Bertz CT molecular complexity index is 956. The first-order chi connectivity index (χ1) is 12.8. The smallest absolute Gasteiger partial charge is 0.427 e. The zero-order valence-corrected chi connectivity index (χ0v) is 15.4. The average Bonchev–Trinajstić information content (AvgIpc) is 2.65. The number of amides is 1. The minimum Gasteiger partial charge on any atom is -0.449 e. The number of carbonyl (C=O) groups is 2. The van der Waals surface area contributed by atoms with Crippen LogP contribution in [0.1, 0.15) is 29.3 Å². The summed E-state index contributed by atoms with van der Waals surface area (Å²) in [6, 6.07) is 14.4. The SMILES string of the molecule is CCOC(=O)N/N=C(\CC(=O)c1ccccc1S(N)(=O)=O)c1ccccc1. The molecule has 0 bridgehead atoms. The van der Waals surface area contributed by atoms with Crippen LogP contribution in [0.4, 0.5) is 4.79 Å². The van der Waals surface area contributed by atoms with Crippen LogP contribution in [0.3, 0.4) is 0 Å². The fraction of sp³-hybridized carbons (Fsp3) is 0.167. The molecule has 2 rings (SSSR count). The van der Waals surface area contributed by atoms with Crippen LogP contribution < -0.4 is 10.6 Å². The highest BCUT2D eigenvalue weighted by Crippen LogP contribution is 2.17. The molecule has 0 fully saturated rings. The number of benzene rings is 2. The van der Waals surface area contributed by atoms with Gasteiger partial charge in [-0.1, -0.05) is 48.5 Å². The topological polar surface area (TPSA) is 128 Å². The molecule has 0 unspecified atom stereocenters. The van der Waals surface area contributed by atoms with Gasteiger partial charge in [-0.05, 0) is 18.6 Å². The van der Waals surface area contributed by atoms with E-state index in [2.05, 4.69) is 10.5 Å². The Labute approximate surface area is 157 Å². The first kappa shape index (κ1) is 20.3. The molecule has 3 N–H and O–H groups in total. The number of ether oxygens (including phenoxy) is 1. The summed E-state index contributed by atoms with van der Waals surface area (Å²) in [7, 11) is -4.06. The third kappa shape index (κ3) is 5.73. The molecular formula is C18H19N3O5S. The lowest BCUT2D eigenvalue weighted by Crippen LogP contribution is -2.23. The van der Waals surface area contributed by atoms with Gasteiger partial charge < -0.3 is 4.74 Å². The van der Waals surface area contributed by atoms with Crippen LogP contribution in [0, 0.1) is 0 Å². The molecule has 0 atom stereocenters. The molecule has 2 aromatic carbocycles. The van der Waals surface area contributed by atoms with Crippen LogP contribution in [-0.2, 0) is 14.8 Å². The quantitative estimate of drug-likeness (QED) is 0.425. The maximum atomic E-state index is 12.7. The first-order valence-corrected chi connectivity index (χ1v) is 9.57. The molecule has 9 heteroatoms. The Hall–Kier alpha value is -3.04. The molecule has 0 aromatic heterocycles. The van der Waals surface area contributed by atoms with Crippen LogP contribution in [0.15, 0.2) is 64.6 Å². The van der Waals surface area contributed by atoms with E-state index in [1.165, 1.54) is 24.3 Å². The molecule has 2 aromatic rings. The lowest BCUT2D eigenvalue weighted by Gasteiger charge is -2.09. The van der Waals surface area contributed by atoms with Gasteiger partial charge in [0, 0.05) is 5.56 Å². The number of hydrogen-bond donors (Lipinski definition) is 2. The van der Waals surface area contributed by atoms with E-state index in [0.29, 0.717) is 5.56 Å². The third-order valence-electron chi connectivity index (χ3n) is 3.49. The molecule has 8 nitrogen and oxygen atoms in total. The van der Waals surface area contributed by atoms with Gasteiger partial charge in [0.2, 0.25) is 10.0 Å². The minimum atomic E-state index is -4.06. The number of carbonyl (C=O) groups excluding carboxylic acids is 2. The summed E-state index contributed by atoms with van der Waals surface area (Å²) in [5, 5.41) is 9.15. The summed E-state index contributed by atoms with van der Waals surface area (Å²) in [6.07, 6.45) is -1.01. The van der Waals surface area contributed by atoms with Gasteiger partial charge in [-0.3, -0.25) is 4.79 Å². The van der Waals surface area contributed by atoms with E-state index < -0.39 is 21.9 Å². The van der Waals surface area contributed by atoms with Crippen molar-refractivity contribution in [1.82, 2.24) is 5.43 Å². The normalized spacial score (nSPS) is 11.7. The van der Waals surface area contributed by atoms with Crippen molar-refractivity contribution in [3.8, 4) is 0 Å². The largest absolute Gasteiger partial charge is 0.449 e. The van der Waals surface area contributed by atoms with Gasteiger partial charge in [0.05, 0.1) is 23.6 Å². The van der Waals surface area contributed by atoms with Crippen LogP contribution in [0.25, 0.3) is 0 Å². The molecule has 0 saturated carbocycles. The highest BCUT2D eigenvalue weighted by molar-refractivity contribution is 7.89. The highest BCUT2D eigenvalue weighted by Gasteiger charge is 2.20. The fourth-order valence-corrected chi connectivity index (χ4v) is 3.06. The Morgan fingerprint density at radius 2 is 1.70 bits per heavy atom. The van der Waals surface area contributed by atoms with E-state index in [-0.39, 0.29) is 29.2 Å². The Morgan fingerprint density at radius 3 is 2.33 bits per heavy atom. The second-order valence-electron chi connectivity index (χ2n) is 5.40. The summed E-state index contributed by atoms with van der Waals surface area (Å²) >= 11 is 0. The Balaban J connectivity index is 2.35. The molecule has 0 heterocycles. The van der Waals surface area contributed by atoms with Gasteiger partial charge in [0.1, 0.15) is 0 Å². The number of hydrazone groups is 1. The standard InChI is InChI=1S/C18H19N3O5S/c1-2-26-18(23)21-20-15(13-8-4-3-5-9-13)12-16(22)14-10-6-7-11-17(14)27(19,24)25/h3-11H,2,12H2,1H3,(H,21,23)(H2,19,24,25)/b20-15+. The predicted octanol–water partition coefficient (Wildman–Crippen LogP) is 2.06. The maximum Gasteiger partial charge on any atom is 0.427 e. The lowest BCUT2D eigenvalue weighted by molar-refractivity contribution is 0.0997.